The average Bonchev–Trinajstić information content (AvgIpc) is 2.69. The van der Waals surface area contributed by atoms with Crippen molar-refractivity contribution in [2.24, 2.45) is 0 Å². The van der Waals surface area contributed by atoms with E-state index in [4.69, 9.17) is 4.74 Å². The van der Waals surface area contributed by atoms with Gasteiger partial charge in [0.25, 0.3) is 0 Å². The summed E-state index contributed by atoms with van der Waals surface area (Å²) in [6.07, 6.45) is 1.32. The highest BCUT2D eigenvalue weighted by Gasteiger charge is 2.29. The van der Waals surface area contributed by atoms with Crippen LogP contribution in [0.15, 0.2) is 47.4 Å². The van der Waals surface area contributed by atoms with Gasteiger partial charge in [0, 0.05) is 19.4 Å². The molecule has 1 heterocycles. The van der Waals surface area contributed by atoms with Gasteiger partial charge in [-0.1, -0.05) is 12.1 Å². The van der Waals surface area contributed by atoms with E-state index in [9.17, 15) is 22.4 Å². The molecule has 2 aromatic rings. The molecule has 2 aromatic carbocycles. The molecule has 0 bridgehead atoms. The van der Waals surface area contributed by atoms with Crippen LogP contribution in [0.2, 0.25) is 0 Å². The number of imide groups is 1. The van der Waals surface area contributed by atoms with Crippen LogP contribution in [-0.2, 0) is 26.0 Å². The van der Waals surface area contributed by atoms with Crippen molar-refractivity contribution in [2.75, 3.05) is 18.6 Å². The molecule has 0 aliphatic carbocycles. The zero-order chi connectivity index (χ0) is 21.0. The number of piperidine rings is 1. The quantitative estimate of drug-likeness (QED) is 0.695. The molecule has 1 saturated heterocycles. The number of nitrogens with one attached hydrogen (secondary N) is 1. The van der Waals surface area contributed by atoms with E-state index in [0.29, 0.717) is 12.8 Å². The first-order valence-corrected chi connectivity index (χ1v) is 10.6. The molecule has 7 nitrogen and oxygen atoms in total. The summed E-state index contributed by atoms with van der Waals surface area (Å²) in [7, 11) is -2.64. The van der Waals surface area contributed by atoms with Crippen molar-refractivity contribution in [3.63, 3.8) is 0 Å². The third-order valence-corrected chi connectivity index (χ3v) is 6.08. The largest absolute Gasteiger partial charge is 0.495 e. The highest BCUT2D eigenvalue weighted by molar-refractivity contribution is 7.89. The molecular weight excluding hydrogens is 399 g/mol. The van der Waals surface area contributed by atoms with E-state index in [-0.39, 0.29) is 53.4 Å². The van der Waals surface area contributed by atoms with Gasteiger partial charge in [-0.2, -0.15) is 0 Å². The molecule has 0 aromatic heterocycles. The molecule has 0 unspecified atom stereocenters. The number of methoxy groups -OCH3 is 1. The van der Waals surface area contributed by atoms with E-state index < -0.39 is 10.0 Å². The summed E-state index contributed by atoms with van der Waals surface area (Å²) in [5.74, 6) is -0.990. The van der Waals surface area contributed by atoms with Crippen LogP contribution >= 0.6 is 0 Å². The second kappa shape index (κ2) is 8.71. The Labute approximate surface area is 168 Å². The molecule has 1 aliphatic heterocycles. The van der Waals surface area contributed by atoms with Crippen molar-refractivity contribution in [2.45, 2.75) is 30.6 Å². The minimum Gasteiger partial charge on any atom is -0.495 e. The Morgan fingerprint density at radius 3 is 2.34 bits per heavy atom. The maximum Gasteiger partial charge on any atom is 0.244 e. The fourth-order valence-corrected chi connectivity index (χ4v) is 4.33. The monoisotopic (exact) mass is 420 g/mol. The first-order chi connectivity index (χ1) is 13.8. The number of carbonyl (C=O) groups excluding carboxylic acids is 2. The Morgan fingerprint density at radius 1 is 1.07 bits per heavy atom. The van der Waals surface area contributed by atoms with Gasteiger partial charge in [0.2, 0.25) is 21.8 Å². The normalized spacial score (nSPS) is 14.9. The number of rotatable bonds is 7. The van der Waals surface area contributed by atoms with Gasteiger partial charge in [-0.15, -0.1) is 0 Å². The minimum absolute atomic E-state index is 0.0862. The van der Waals surface area contributed by atoms with Crippen LogP contribution in [0.25, 0.3) is 0 Å². The third-order valence-electron chi connectivity index (χ3n) is 4.59. The van der Waals surface area contributed by atoms with Crippen LogP contribution in [-0.4, -0.2) is 33.9 Å². The predicted octanol–water partition coefficient (Wildman–Crippen LogP) is 2.40. The molecular formula is C20H21FN2O5S. The molecule has 0 spiro atoms. The van der Waals surface area contributed by atoms with Crippen molar-refractivity contribution < 1.29 is 27.1 Å². The van der Waals surface area contributed by atoms with E-state index in [1.54, 1.807) is 12.1 Å². The molecule has 1 fully saturated rings. The van der Waals surface area contributed by atoms with Gasteiger partial charge in [0.05, 0.1) is 12.8 Å². The standard InChI is InChI=1S/C20H21FN2O5S/c1-28-17-10-9-16(23-19(24)3-2-4-20(23)25)13-18(17)29(26,27)22-12-11-14-5-7-15(21)8-6-14/h5-10,13,22H,2-4,11-12H2,1H3. The maximum atomic E-state index is 13.0. The number of hydrogen-bond donors (Lipinski definition) is 1. The summed E-state index contributed by atoms with van der Waals surface area (Å²) in [6, 6.07) is 9.94. The van der Waals surface area contributed by atoms with Crippen LogP contribution in [0.3, 0.4) is 0 Å². The summed E-state index contributed by atoms with van der Waals surface area (Å²) in [5.41, 5.74) is 0.971. The predicted molar refractivity (Wildman–Crippen MR) is 105 cm³/mol. The Hall–Kier alpha value is -2.78. The summed E-state index contributed by atoms with van der Waals surface area (Å²) >= 11 is 0. The number of nitrogens with zero attached hydrogens (tertiary/aromatic N) is 1. The maximum absolute atomic E-state index is 13.0. The lowest BCUT2D eigenvalue weighted by atomic mass is 10.1. The van der Waals surface area contributed by atoms with Crippen LogP contribution in [0.1, 0.15) is 24.8 Å². The number of carbonyl (C=O) groups is 2. The first-order valence-electron chi connectivity index (χ1n) is 9.10. The van der Waals surface area contributed by atoms with Gasteiger partial charge in [0.1, 0.15) is 16.5 Å². The lowest BCUT2D eigenvalue weighted by Gasteiger charge is -2.25. The highest BCUT2D eigenvalue weighted by atomic mass is 32.2. The van der Waals surface area contributed by atoms with Gasteiger partial charge in [-0.3, -0.25) is 14.5 Å². The molecule has 0 atom stereocenters. The van der Waals surface area contributed by atoms with Crippen molar-refractivity contribution in [3.8, 4) is 5.75 Å². The molecule has 9 heteroatoms. The van der Waals surface area contributed by atoms with Crippen LogP contribution in [0.4, 0.5) is 10.1 Å². The summed E-state index contributed by atoms with van der Waals surface area (Å²) in [5, 5.41) is 0. The number of ether oxygens (including phenoxy) is 1. The number of benzene rings is 2. The van der Waals surface area contributed by atoms with Gasteiger partial charge >= 0.3 is 0 Å². The first kappa shape index (κ1) is 20.9. The van der Waals surface area contributed by atoms with Gasteiger partial charge < -0.3 is 4.74 Å². The zero-order valence-electron chi connectivity index (χ0n) is 15.9. The smallest absolute Gasteiger partial charge is 0.244 e. The summed E-state index contributed by atoms with van der Waals surface area (Å²) < 4.78 is 46.2. The second-order valence-electron chi connectivity index (χ2n) is 6.59. The number of sulfonamides is 1. The Kier molecular flexibility index (Phi) is 6.29. The fourth-order valence-electron chi connectivity index (χ4n) is 3.11. The zero-order valence-corrected chi connectivity index (χ0v) is 16.7. The van der Waals surface area contributed by atoms with Gasteiger partial charge in [-0.05, 0) is 48.7 Å². The second-order valence-corrected chi connectivity index (χ2v) is 8.32. The Bertz CT molecular complexity index is 1010. The molecule has 3 rings (SSSR count). The fraction of sp³-hybridized carbons (Fsp3) is 0.300. The van der Waals surface area contributed by atoms with E-state index >= 15 is 0 Å². The van der Waals surface area contributed by atoms with Crippen molar-refractivity contribution in [1.82, 2.24) is 4.72 Å². The number of hydrogen-bond acceptors (Lipinski definition) is 5. The average molecular weight is 420 g/mol. The van der Waals surface area contributed by atoms with E-state index in [1.807, 2.05) is 0 Å². The highest BCUT2D eigenvalue weighted by Crippen LogP contribution is 2.31. The molecule has 29 heavy (non-hydrogen) atoms. The molecule has 1 aliphatic rings. The topological polar surface area (TPSA) is 92.8 Å². The van der Waals surface area contributed by atoms with Gasteiger partial charge in [-0.25, -0.2) is 17.5 Å². The molecule has 1 N–H and O–H groups in total. The van der Waals surface area contributed by atoms with Gasteiger partial charge in [0.15, 0.2) is 0 Å². The Morgan fingerprint density at radius 2 is 1.72 bits per heavy atom. The molecule has 0 saturated carbocycles. The molecule has 2 amide bonds. The van der Waals surface area contributed by atoms with Crippen molar-refractivity contribution in [1.29, 1.82) is 0 Å². The van der Waals surface area contributed by atoms with Crippen LogP contribution in [0, 0.1) is 5.82 Å². The number of halogens is 1. The minimum atomic E-state index is -3.98. The lowest BCUT2D eigenvalue weighted by Crippen LogP contribution is -2.40. The molecule has 154 valence electrons. The SMILES string of the molecule is COc1ccc(N2C(=O)CCCC2=O)cc1S(=O)(=O)NCCc1ccc(F)cc1. The lowest BCUT2D eigenvalue weighted by molar-refractivity contribution is -0.129. The van der Waals surface area contributed by atoms with Crippen molar-refractivity contribution in [3.05, 3.63) is 53.8 Å². The number of amides is 2. The molecule has 0 radical (unpaired) electrons. The van der Waals surface area contributed by atoms with Crippen molar-refractivity contribution >= 4 is 27.5 Å². The summed E-state index contributed by atoms with van der Waals surface area (Å²) in [4.78, 5) is 25.2. The number of anilines is 1. The third kappa shape index (κ3) is 4.80. The van der Waals surface area contributed by atoms with Crippen LogP contribution in [0.5, 0.6) is 5.75 Å². The van der Waals surface area contributed by atoms with E-state index in [1.165, 1.54) is 37.4 Å². The van der Waals surface area contributed by atoms with E-state index in [2.05, 4.69) is 4.72 Å². The summed E-state index contributed by atoms with van der Waals surface area (Å²) in [6.45, 7) is 0.0862. The van der Waals surface area contributed by atoms with Crippen LogP contribution < -0.4 is 14.4 Å². The Balaban J connectivity index is 1.82. The van der Waals surface area contributed by atoms with E-state index in [0.717, 1.165) is 10.5 Å².